The maximum Gasteiger partial charge on any atom is 0.274 e. The van der Waals surface area contributed by atoms with Gasteiger partial charge in [0.15, 0.2) is 0 Å². The molecule has 0 spiro atoms. The number of nitrogens with zero attached hydrogens (tertiary/aromatic N) is 3. The predicted octanol–water partition coefficient (Wildman–Crippen LogP) is 2.10. The Kier molecular flexibility index (Phi) is 5.40. The van der Waals surface area contributed by atoms with Gasteiger partial charge < -0.3 is 11.1 Å². The quantitative estimate of drug-likeness (QED) is 0.700. The summed E-state index contributed by atoms with van der Waals surface area (Å²) in [4.78, 5) is 20.2. The molecule has 30 heavy (non-hydrogen) atoms. The molecule has 2 aromatic rings. The molecule has 11 heteroatoms. The minimum Gasteiger partial charge on any atom is -0.369 e. The Morgan fingerprint density at radius 1 is 1.27 bits per heavy atom. The van der Waals surface area contributed by atoms with Gasteiger partial charge in [-0.05, 0) is 24.3 Å². The molecule has 0 radical (unpaired) electrons. The van der Waals surface area contributed by atoms with E-state index < -0.39 is 44.8 Å². The van der Waals surface area contributed by atoms with Gasteiger partial charge in [-0.1, -0.05) is 12.7 Å². The molecule has 2 heterocycles. The summed E-state index contributed by atoms with van der Waals surface area (Å²) < 4.78 is 53.8. The normalized spacial score (nSPS) is 20.2. The van der Waals surface area contributed by atoms with E-state index in [1.54, 1.807) is 0 Å². The molecule has 1 aliphatic rings. The van der Waals surface area contributed by atoms with E-state index in [0.29, 0.717) is 4.31 Å². The van der Waals surface area contributed by atoms with E-state index in [1.807, 2.05) is 0 Å². The maximum absolute atomic E-state index is 14.7. The molecule has 3 rings (SSSR count). The largest absolute Gasteiger partial charge is 0.369 e. The van der Waals surface area contributed by atoms with Crippen molar-refractivity contribution in [2.75, 3.05) is 11.1 Å². The van der Waals surface area contributed by atoms with Crippen LogP contribution in [0.3, 0.4) is 0 Å². The molecule has 3 N–H and O–H groups in total. The van der Waals surface area contributed by atoms with E-state index in [4.69, 9.17) is 5.73 Å². The first-order valence-electron chi connectivity index (χ1n) is 8.48. The number of guanidine groups is 1. The molecule has 8 nitrogen and oxygen atoms in total. The average molecular weight is 433 g/mol. The number of benzene rings is 1. The Bertz CT molecular complexity index is 1180. The van der Waals surface area contributed by atoms with Crippen molar-refractivity contribution in [1.82, 2.24) is 9.29 Å². The van der Waals surface area contributed by atoms with Crippen LogP contribution in [0.25, 0.3) is 0 Å². The summed E-state index contributed by atoms with van der Waals surface area (Å²) in [5, 5.41) is 2.46. The third-order valence-electron chi connectivity index (χ3n) is 4.39. The lowest BCUT2D eigenvalue weighted by Gasteiger charge is -2.35. The number of hydrogen-bond acceptors (Lipinski definition) is 6. The van der Waals surface area contributed by atoms with Gasteiger partial charge in [0.2, 0.25) is 16.0 Å². The van der Waals surface area contributed by atoms with E-state index >= 15 is 0 Å². The monoisotopic (exact) mass is 433 g/mol. The van der Waals surface area contributed by atoms with Crippen LogP contribution in [0.1, 0.15) is 16.1 Å². The Hall–Kier alpha value is -3.60. The number of aliphatic imine (C=N–C) groups is 1. The number of rotatable bonds is 5. The highest BCUT2D eigenvalue weighted by molar-refractivity contribution is 7.89. The first kappa shape index (κ1) is 21.1. The number of anilines is 1. The SMILES string of the molecule is C=CN1C(N)=N[C@](C=C)(c2cc(NC(=O)c3cc(F)ccn3)ccc2F)CS1(=O)=O. The fourth-order valence-electron chi connectivity index (χ4n) is 2.99. The molecular weight excluding hydrogens is 416 g/mol. The van der Waals surface area contributed by atoms with Crippen LogP contribution in [0.15, 0.2) is 67.0 Å². The van der Waals surface area contributed by atoms with Crippen LogP contribution in [0.2, 0.25) is 0 Å². The summed E-state index contributed by atoms with van der Waals surface area (Å²) in [7, 11) is -4.01. The Morgan fingerprint density at radius 3 is 2.60 bits per heavy atom. The molecule has 1 atom stereocenters. The maximum atomic E-state index is 14.7. The highest BCUT2D eigenvalue weighted by Crippen LogP contribution is 2.36. The minimum absolute atomic E-state index is 0.112. The van der Waals surface area contributed by atoms with Crippen molar-refractivity contribution < 1.29 is 22.0 Å². The van der Waals surface area contributed by atoms with Crippen LogP contribution in [0, 0.1) is 11.6 Å². The van der Waals surface area contributed by atoms with Gasteiger partial charge in [0.25, 0.3) is 5.91 Å². The second kappa shape index (κ2) is 7.67. The summed E-state index contributed by atoms with van der Waals surface area (Å²) >= 11 is 0. The predicted molar refractivity (Wildman–Crippen MR) is 108 cm³/mol. The summed E-state index contributed by atoms with van der Waals surface area (Å²) in [6.45, 7) is 6.98. The molecule has 1 amide bonds. The zero-order valence-corrected chi connectivity index (χ0v) is 16.4. The summed E-state index contributed by atoms with van der Waals surface area (Å²) in [5.74, 6) is -3.23. The second-order valence-corrected chi connectivity index (χ2v) is 8.19. The standard InChI is InChI=1S/C19H17F2N5O3S/c1-3-19(11-30(28,29)26(4-2)18(22)25-19)14-10-13(5-6-15(14)21)24-17(27)16-9-12(20)7-8-23-16/h3-10H,1-2,11H2,(H2,22,25)(H,24,27)/t19-/m0/s1. The molecule has 1 aromatic heterocycles. The number of carbonyl (C=O) groups is 1. The summed E-state index contributed by atoms with van der Waals surface area (Å²) in [5.41, 5.74) is 3.77. The summed E-state index contributed by atoms with van der Waals surface area (Å²) in [6, 6.07) is 5.53. The molecule has 0 saturated carbocycles. The Morgan fingerprint density at radius 2 is 2.00 bits per heavy atom. The highest BCUT2D eigenvalue weighted by atomic mass is 32.2. The summed E-state index contributed by atoms with van der Waals surface area (Å²) in [6.07, 6.45) is 3.28. The number of carbonyl (C=O) groups excluding carboxylic acids is 1. The number of amides is 1. The van der Waals surface area contributed by atoms with Gasteiger partial charge in [0, 0.05) is 29.7 Å². The van der Waals surface area contributed by atoms with Crippen molar-refractivity contribution in [1.29, 1.82) is 0 Å². The van der Waals surface area contributed by atoms with Gasteiger partial charge in [0.1, 0.15) is 28.6 Å². The van der Waals surface area contributed by atoms with Crippen LogP contribution >= 0.6 is 0 Å². The molecule has 0 fully saturated rings. The van der Waals surface area contributed by atoms with Crippen molar-refractivity contribution in [2.45, 2.75) is 5.54 Å². The van der Waals surface area contributed by atoms with Crippen molar-refractivity contribution >= 4 is 27.6 Å². The third-order valence-corrected chi connectivity index (χ3v) is 6.13. The third kappa shape index (κ3) is 3.79. The van der Waals surface area contributed by atoms with E-state index in [0.717, 1.165) is 36.7 Å². The van der Waals surface area contributed by atoms with E-state index in [2.05, 4.69) is 28.5 Å². The number of halogens is 2. The molecule has 0 saturated heterocycles. The molecule has 156 valence electrons. The van der Waals surface area contributed by atoms with Crippen LogP contribution in [0.5, 0.6) is 0 Å². The number of sulfonamides is 1. The van der Waals surface area contributed by atoms with Crippen LogP contribution < -0.4 is 11.1 Å². The lowest BCUT2D eigenvalue weighted by molar-refractivity contribution is 0.102. The first-order valence-corrected chi connectivity index (χ1v) is 10.1. The molecule has 1 aromatic carbocycles. The van der Waals surface area contributed by atoms with Crippen molar-refractivity contribution in [3.63, 3.8) is 0 Å². The van der Waals surface area contributed by atoms with E-state index in [-0.39, 0.29) is 16.9 Å². The van der Waals surface area contributed by atoms with Gasteiger partial charge in [-0.25, -0.2) is 26.5 Å². The topological polar surface area (TPSA) is 118 Å². The van der Waals surface area contributed by atoms with Gasteiger partial charge in [0.05, 0.1) is 0 Å². The molecule has 0 unspecified atom stereocenters. The van der Waals surface area contributed by atoms with Gasteiger partial charge >= 0.3 is 0 Å². The van der Waals surface area contributed by atoms with E-state index in [9.17, 15) is 22.0 Å². The molecular formula is C19H17F2N5O3S. The van der Waals surface area contributed by atoms with Crippen molar-refractivity contribution in [3.8, 4) is 0 Å². The lowest BCUT2D eigenvalue weighted by Crippen LogP contribution is -2.50. The van der Waals surface area contributed by atoms with Gasteiger partial charge in [-0.2, -0.15) is 0 Å². The molecule has 1 aliphatic heterocycles. The lowest BCUT2D eigenvalue weighted by atomic mass is 9.91. The highest BCUT2D eigenvalue weighted by Gasteiger charge is 2.43. The zero-order valence-electron chi connectivity index (χ0n) is 15.5. The average Bonchev–Trinajstić information content (AvgIpc) is 2.68. The van der Waals surface area contributed by atoms with Crippen LogP contribution in [-0.2, 0) is 15.6 Å². The van der Waals surface area contributed by atoms with Crippen LogP contribution in [0.4, 0.5) is 14.5 Å². The Balaban J connectivity index is 2.04. The molecule has 0 bridgehead atoms. The van der Waals surface area contributed by atoms with Gasteiger partial charge in [-0.15, -0.1) is 6.58 Å². The Labute approximate surface area is 171 Å². The fraction of sp³-hybridized carbons (Fsp3) is 0.105. The van der Waals surface area contributed by atoms with Gasteiger partial charge in [-0.3, -0.25) is 9.78 Å². The van der Waals surface area contributed by atoms with E-state index in [1.165, 1.54) is 12.1 Å². The smallest absolute Gasteiger partial charge is 0.274 e. The fourth-order valence-corrected chi connectivity index (χ4v) is 4.58. The molecule has 0 aliphatic carbocycles. The van der Waals surface area contributed by atoms with Crippen LogP contribution in [-0.4, -0.2) is 35.3 Å². The minimum atomic E-state index is -4.01. The first-order chi connectivity index (χ1) is 14.1. The second-order valence-electron chi connectivity index (χ2n) is 6.34. The number of pyridine rings is 1. The number of nitrogens with two attached hydrogens (primary N) is 1. The number of nitrogens with one attached hydrogen (secondary N) is 1. The number of aromatic nitrogens is 1. The van der Waals surface area contributed by atoms with Crippen molar-refractivity contribution in [2.24, 2.45) is 10.7 Å². The van der Waals surface area contributed by atoms with Crippen molar-refractivity contribution in [3.05, 3.63) is 84.9 Å². The number of hydrogen-bond donors (Lipinski definition) is 2. The zero-order chi connectivity index (χ0) is 22.1.